The molecular formula is C19H26N2O5. The van der Waals surface area contributed by atoms with Gasteiger partial charge in [0.15, 0.2) is 12.1 Å². The molecule has 0 saturated carbocycles. The van der Waals surface area contributed by atoms with Gasteiger partial charge < -0.3 is 23.7 Å². The number of hydrogen-bond donors (Lipinski definition) is 0. The summed E-state index contributed by atoms with van der Waals surface area (Å²) in [4.78, 5) is 29.2. The topological polar surface area (TPSA) is 72.2 Å². The van der Waals surface area contributed by atoms with E-state index in [2.05, 4.69) is 0 Å². The summed E-state index contributed by atoms with van der Waals surface area (Å²) in [6.07, 6.45) is 5.69. The molecule has 1 aromatic rings. The monoisotopic (exact) mass is 362 g/mol. The maximum absolute atomic E-state index is 13.1. The summed E-state index contributed by atoms with van der Waals surface area (Å²) in [5, 5.41) is 0. The average Bonchev–Trinajstić information content (AvgIpc) is 3.41. The molecule has 3 aliphatic rings. The Morgan fingerprint density at radius 3 is 2.46 bits per heavy atom. The number of nitrogens with zero attached hydrogens (tertiary/aromatic N) is 2. The van der Waals surface area contributed by atoms with Gasteiger partial charge in [-0.2, -0.15) is 0 Å². The number of amides is 2. The van der Waals surface area contributed by atoms with Gasteiger partial charge in [-0.1, -0.05) is 0 Å². The number of rotatable bonds is 3. The first kappa shape index (κ1) is 17.5. The molecule has 4 rings (SSSR count). The largest absolute Gasteiger partial charge is 0.459 e. The van der Waals surface area contributed by atoms with Crippen LogP contribution in [0.3, 0.4) is 0 Å². The average molecular weight is 362 g/mol. The molecule has 7 heteroatoms. The lowest BCUT2D eigenvalue weighted by molar-refractivity contribution is -0.155. The molecule has 26 heavy (non-hydrogen) atoms. The van der Waals surface area contributed by atoms with Crippen molar-refractivity contribution in [2.24, 2.45) is 5.92 Å². The van der Waals surface area contributed by atoms with Crippen LogP contribution in [0.1, 0.15) is 42.7 Å². The third kappa shape index (κ3) is 3.50. The second kappa shape index (κ2) is 7.80. The SMILES string of the molecule is O=C(c1ccco1)N1CCC(C(=O)N2CCCCC2C2OCCO2)CC1. The molecule has 0 spiro atoms. The Kier molecular flexibility index (Phi) is 5.26. The van der Waals surface area contributed by atoms with Gasteiger partial charge >= 0.3 is 0 Å². The van der Waals surface area contributed by atoms with Crippen molar-refractivity contribution in [2.45, 2.75) is 44.4 Å². The summed E-state index contributed by atoms with van der Waals surface area (Å²) in [6.45, 7) is 3.17. The smallest absolute Gasteiger partial charge is 0.289 e. The normalized spacial score (nSPS) is 25.6. The van der Waals surface area contributed by atoms with Crippen LogP contribution in [-0.4, -0.2) is 66.8 Å². The molecule has 0 radical (unpaired) electrons. The first-order chi connectivity index (χ1) is 12.7. The number of carbonyl (C=O) groups excluding carboxylic acids is 2. The van der Waals surface area contributed by atoms with E-state index in [1.807, 2.05) is 4.90 Å². The van der Waals surface area contributed by atoms with E-state index >= 15 is 0 Å². The highest BCUT2D eigenvalue weighted by molar-refractivity contribution is 5.91. The summed E-state index contributed by atoms with van der Waals surface area (Å²) in [5.41, 5.74) is 0. The zero-order valence-electron chi connectivity index (χ0n) is 15.0. The van der Waals surface area contributed by atoms with Crippen LogP contribution in [0.5, 0.6) is 0 Å². The molecule has 3 aliphatic heterocycles. The molecule has 142 valence electrons. The summed E-state index contributed by atoms with van der Waals surface area (Å²) in [5.74, 6) is 0.433. The van der Waals surface area contributed by atoms with Crippen molar-refractivity contribution in [3.8, 4) is 0 Å². The number of ether oxygens (including phenoxy) is 2. The fraction of sp³-hybridized carbons (Fsp3) is 0.684. The van der Waals surface area contributed by atoms with Crippen molar-refractivity contribution < 1.29 is 23.5 Å². The maximum Gasteiger partial charge on any atom is 0.289 e. The molecule has 1 aromatic heterocycles. The van der Waals surface area contributed by atoms with Crippen molar-refractivity contribution in [1.29, 1.82) is 0 Å². The number of hydrogen-bond acceptors (Lipinski definition) is 5. The highest BCUT2D eigenvalue weighted by Crippen LogP contribution is 2.29. The molecule has 1 atom stereocenters. The van der Waals surface area contributed by atoms with Crippen LogP contribution in [0.4, 0.5) is 0 Å². The third-order valence-corrected chi connectivity index (χ3v) is 5.66. The lowest BCUT2D eigenvalue weighted by atomic mass is 9.92. The van der Waals surface area contributed by atoms with E-state index in [1.54, 1.807) is 17.0 Å². The standard InChI is InChI=1S/C19H26N2O5/c22-17(21-8-2-1-4-15(21)19-25-12-13-26-19)14-6-9-20(10-7-14)18(23)16-5-3-11-24-16/h3,5,11,14-15,19H,1-2,4,6-10,12-13H2. The molecule has 0 bridgehead atoms. The fourth-order valence-electron chi connectivity index (χ4n) is 4.23. The summed E-state index contributed by atoms with van der Waals surface area (Å²) >= 11 is 0. The zero-order valence-corrected chi connectivity index (χ0v) is 15.0. The van der Waals surface area contributed by atoms with Crippen LogP contribution in [0, 0.1) is 5.92 Å². The summed E-state index contributed by atoms with van der Waals surface area (Å²) < 4.78 is 16.5. The van der Waals surface area contributed by atoms with Gasteiger partial charge in [0.25, 0.3) is 5.91 Å². The van der Waals surface area contributed by atoms with E-state index < -0.39 is 0 Å². The lowest BCUT2D eigenvalue weighted by Gasteiger charge is -2.41. The molecule has 3 saturated heterocycles. The Hall–Kier alpha value is -1.86. The van der Waals surface area contributed by atoms with Gasteiger partial charge in [0.1, 0.15) is 0 Å². The van der Waals surface area contributed by atoms with Crippen molar-refractivity contribution in [3.05, 3.63) is 24.2 Å². The van der Waals surface area contributed by atoms with Crippen molar-refractivity contribution >= 4 is 11.8 Å². The molecule has 3 fully saturated rings. The number of piperidine rings is 2. The number of carbonyl (C=O) groups is 2. The molecule has 7 nitrogen and oxygen atoms in total. The third-order valence-electron chi connectivity index (χ3n) is 5.66. The van der Waals surface area contributed by atoms with Gasteiger partial charge in [-0.3, -0.25) is 9.59 Å². The van der Waals surface area contributed by atoms with Crippen LogP contribution in [0.2, 0.25) is 0 Å². The number of likely N-dealkylation sites (tertiary alicyclic amines) is 2. The van der Waals surface area contributed by atoms with Gasteiger partial charge in [-0.05, 0) is 44.2 Å². The predicted molar refractivity (Wildman–Crippen MR) is 92.4 cm³/mol. The fourth-order valence-corrected chi connectivity index (χ4v) is 4.23. The minimum absolute atomic E-state index is 0.0292. The minimum Gasteiger partial charge on any atom is -0.459 e. The van der Waals surface area contributed by atoms with E-state index in [0.29, 0.717) is 44.9 Å². The summed E-state index contributed by atoms with van der Waals surface area (Å²) in [6, 6.07) is 3.42. The molecular weight excluding hydrogens is 336 g/mol. The van der Waals surface area contributed by atoms with Gasteiger partial charge in [-0.25, -0.2) is 0 Å². The first-order valence-electron chi connectivity index (χ1n) is 9.60. The molecule has 0 N–H and O–H groups in total. The highest BCUT2D eigenvalue weighted by Gasteiger charge is 2.39. The van der Waals surface area contributed by atoms with Crippen molar-refractivity contribution in [1.82, 2.24) is 9.80 Å². The predicted octanol–water partition coefficient (Wildman–Crippen LogP) is 1.89. The lowest BCUT2D eigenvalue weighted by Crippen LogP contribution is -2.53. The molecule has 4 heterocycles. The van der Waals surface area contributed by atoms with Crippen molar-refractivity contribution in [2.75, 3.05) is 32.8 Å². The van der Waals surface area contributed by atoms with Gasteiger partial charge in [-0.15, -0.1) is 0 Å². The minimum atomic E-state index is -0.278. The Bertz CT molecular complexity index is 618. The Morgan fingerprint density at radius 2 is 1.77 bits per heavy atom. The Morgan fingerprint density at radius 1 is 1.00 bits per heavy atom. The highest BCUT2D eigenvalue weighted by atomic mass is 16.7. The molecule has 2 amide bonds. The van der Waals surface area contributed by atoms with E-state index in [-0.39, 0.29) is 30.1 Å². The van der Waals surface area contributed by atoms with Crippen molar-refractivity contribution in [3.63, 3.8) is 0 Å². The molecule has 0 aromatic carbocycles. The van der Waals surface area contributed by atoms with Gasteiger partial charge in [0.05, 0.1) is 25.5 Å². The maximum atomic E-state index is 13.1. The summed E-state index contributed by atoms with van der Waals surface area (Å²) in [7, 11) is 0. The van der Waals surface area contributed by atoms with Crippen LogP contribution in [0.15, 0.2) is 22.8 Å². The molecule has 0 aliphatic carbocycles. The Balaban J connectivity index is 1.35. The van der Waals surface area contributed by atoms with Crippen LogP contribution in [0.25, 0.3) is 0 Å². The number of furan rings is 1. The zero-order chi connectivity index (χ0) is 17.9. The Labute approximate surface area is 153 Å². The van der Waals surface area contributed by atoms with Crippen LogP contribution in [-0.2, 0) is 14.3 Å². The van der Waals surface area contributed by atoms with E-state index in [0.717, 1.165) is 25.8 Å². The second-order valence-electron chi connectivity index (χ2n) is 7.25. The second-order valence-corrected chi connectivity index (χ2v) is 7.25. The first-order valence-corrected chi connectivity index (χ1v) is 9.60. The van der Waals surface area contributed by atoms with Crippen LogP contribution >= 0.6 is 0 Å². The van der Waals surface area contributed by atoms with Gasteiger partial charge in [0, 0.05) is 25.6 Å². The van der Waals surface area contributed by atoms with E-state index in [9.17, 15) is 9.59 Å². The van der Waals surface area contributed by atoms with E-state index in [4.69, 9.17) is 13.9 Å². The van der Waals surface area contributed by atoms with E-state index in [1.165, 1.54) is 6.26 Å². The van der Waals surface area contributed by atoms with Gasteiger partial charge in [0.2, 0.25) is 5.91 Å². The quantitative estimate of drug-likeness (QED) is 0.821. The van der Waals surface area contributed by atoms with Crippen LogP contribution < -0.4 is 0 Å². The molecule has 1 unspecified atom stereocenters.